The first-order valence-corrected chi connectivity index (χ1v) is 8.48. The highest BCUT2D eigenvalue weighted by atomic mass is 32.2. The molecule has 1 aromatic carbocycles. The second-order valence-electron chi connectivity index (χ2n) is 4.94. The van der Waals surface area contributed by atoms with Crippen LogP contribution in [-0.4, -0.2) is 29.8 Å². The third-order valence-electron chi connectivity index (χ3n) is 3.54. The van der Waals surface area contributed by atoms with E-state index < -0.39 is 0 Å². The molecular weight excluding hydrogens is 246 g/mol. The fourth-order valence-electron chi connectivity index (χ4n) is 2.56. The van der Waals surface area contributed by atoms with Gasteiger partial charge in [0, 0.05) is 16.7 Å². The number of benzene rings is 1. The van der Waals surface area contributed by atoms with E-state index in [4.69, 9.17) is 0 Å². The molecule has 92 valence electrons. The van der Waals surface area contributed by atoms with E-state index in [0.717, 1.165) is 11.2 Å². The number of hydrogen-bond donors (Lipinski definition) is 1. The molecule has 0 aliphatic carbocycles. The maximum atomic E-state index is 3.67. The summed E-state index contributed by atoms with van der Waals surface area (Å²) in [5, 5.41) is 4.42. The molecule has 0 saturated carbocycles. The van der Waals surface area contributed by atoms with Crippen molar-refractivity contribution in [3.8, 4) is 0 Å². The molecule has 1 fully saturated rings. The van der Waals surface area contributed by atoms with Crippen LogP contribution in [0.4, 0.5) is 0 Å². The van der Waals surface area contributed by atoms with E-state index in [2.05, 4.69) is 53.1 Å². The van der Waals surface area contributed by atoms with Crippen LogP contribution in [0.15, 0.2) is 29.2 Å². The molecule has 2 unspecified atom stereocenters. The average molecular weight is 265 g/mol. The van der Waals surface area contributed by atoms with Crippen molar-refractivity contribution < 1.29 is 0 Å². The van der Waals surface area contributed by atoms with Gasteiger partial charge in [0.2, 0.25) is 0 Å². The lowest BCUT2D eigenvalue weighted by Gasteiger charge is -2.13. The number of thioether (sulfide) groups is 2. The van der Waals surface area contributed by atoms with Crippen LogP contribution in [-0.2, 0) is 6.42 Å². The molecule has 1 saturated heterocycles. The van der Waals surface area contributed by atoms with Gasteiger partial charge in [0.25, 0.3) is 0 Å². The number of rotatable bonds is 4. The summed E-state index contributed by atoms with van der Waals surface area (Å²) in [4.78, 5) is 1.50. The number of fused-ring (bicyclic) bond motifs is 1. The summed E-state index contributed by atoms with van der Waals surface area (Å²) in [5.74, 6) is 3.66. The second kappa shape index (κ2) is 5.68. The Hall–Kier alpha value is -0.120. The summed E-state index contributed by atoms with van der Waals surface area (Å²) in [6.07, 6.45) is 2.66. The molecule has 2 heterocycles. The molecule has 3 rings (SSSR count). The van der Waals surface area contributed by atoms with Crippen LogP contribution in [0.25, 0.3) is 0 Å². The maximum Gasteiger partial charge on any atom is 0.0260 e. The van der Waals surface area contributed by atoms with Gasteiger partial charge >= 0.3 is 0 Å². The fourth-order valence-corrected chi connectivity index (χ4v) is 5.13. The van der Waals surface area contributed by atoms with Gasteiger partial charge in [0.1, 0.15) is 0 Å². The molecule has 17 heavy (non-hydrogen) atoms. The van der Waals surface area contributed by atoms with Gasteiger partial charge in [-0.15, -0.1) is 11.8 Å². The summed E-state index contributed by atoms with van der Waals surface area (Å²) >= 11 is 4.16. The van der Waals surface area contributed by atoms with Crippen LogP contribution in [0.1, 0.15) is 12.0 Å². The van der Waals surface area contributed by atoms with Crippen LogP contribution < -0.4 is 5.32 Å². The van der Waals surface area contributed by atoms with Gasteiger partial charge in [0.15, 0.2) is 0 Å². The molecule has 1 N–H and O–H groups in total. The van der Waals surface area contributed by atoms with Crippen molar-refractivity contribution >= 4 is 23.5 Å². The van der Waals surface area contributed by atoms with E-state index in [1.54, 1.807) is 5.56 Å². The molecule has 3 heteroatoms. The Kier molecular flexibility index (Phi) is 3.99. The van der Waals surface area contributed by atoms with E-state index in [1.165, 1.54) is 42.3 Å². The summed E-state index contributed by atoms with van der Waals surface area (Å²) in [6, 6.07) is 8.84. The summed E-state index contributed by atoms with van der Waals surface area (Å²) in [7, 11) is 0. The molecule has 0 spiro atoms. The van der Waals surface area contributed by atoms with E-state index in [1.807, 2.05) is 0 Å². The van der Waals surface area contributed by atoms with Crippen molar-refractivity contribution in [2.45, 2.75) is 23.0 Å². The minimum absolute atomic E-state index is 0.751. The summed E-state index contributed by atoms with van der Waals surface area (Å²) in [6.45, 7) is 2.39. The predicted molar refractivity (Wildman–Crippen MR) is 78.1 cm³/mol. The van der Waals surface area contributed by atoms with Crippen LogP contribution in [0.2, 0.25) is 0 Å². The highest BCUT2D eigenvalue weighted by Crippen LogP contribution is 2.36. The van der Waals surface area contributed by atoms with E-state index >= 15 is 0 Å². The van der Waals surface area contributed by atoms with Crippen molar-refractivity contribution in [3.63, 3.8) is 0 Å². The summed E-state index contributed by atoms with van der Waals surface area (Å²) < 4.78 is 0. The SMILES string of the molecule is c1ccc2c(c1)CC(CNCC1CCSC1)S2. The molecule has 2 aliphatic rings. The molecule has 0 bridgehead atoms. The van der Waals surface area contributed by atoms with Gasteiger partial charge in [-0.05, 0) is 48.4 Å². The standard InChI is InChI=1S/C14H19NS2/c1-2-4-14-12(3-1)7-13(17-14)9-15-8-11-5-6-16-10-11/h1-4,11,13,15H,5-10H2. The Morgan fingerprint density at radius 1 is 1.24 bits per heavy atom. The summed E-state index contributed by atoms with van der Waals surface area (Å²) in [5.41, 5.74) is 1.54. The van der Waals surface area contributed by atoms with Crippen molar-refractivity contribution in [2.75, 3.05) is 24.6 Å². The van der Waals surface area contributed by atoms with Crippen molar-refractivity contribution in [2.24, 2.45) is 5.92 Å². The number of hydrogen-bond acceptors (Lipinski definition) is 3. The van der Waals surface area contributed by atoms with Gasteiger partial charge in [-0.25, -0.2) is 0 Å². The molecule has 1 nitrogen and oxygen atoms in total. The molecule has 2 aliphatic heterocycles. The Bertz CT molecular complexity index is 349. The smallest absolute Gasteiger partial charge is 0.0260 e. The van der Waals surface area contributed by atoms with E-state index in [-0.39, 0.29) is 0 Å². The minimum Gasteiger partial charge on any atom is -0.315 e. The lowest BCUT2D eigenvalue weighted by Crippen LogP contribution is -2.29. The normalized spacial score (nSPS) is 27.3. The monoisotopic (exact) mass is 265 g/mol. The van der Waals surface area contributed by atoms with Gasteiger partial charge < -0.3 is 5.32 Å². The first kappa shape index (κ1) is 11.9. The fraction of sp³-hybridized carbons (Fsp3) is 0.571. The molecular formula is C14H19NS2. The number of nitrogens with one attached hydrogen (secondary N) is 1. The Labute approximate surface area is 112 Å². The highest BCUT2D eigenvalue weighted by molar-refractivity contribution is 8.00. The van der Waals surface area contributed by atoms with Gasteiger partial charge in [-0.3, -0.25) is 0 Å². The lowest BCUT2D eigenvalue weighted by atomic mass is 10.1. The Morgan fingerprint density at radius 2 is 2.18 bits per heavy atom. The molecule has 0 aromatic heterocycles. The van der Waals surface area contributed by atoms with E-state index in [9.17, 15) is 0 Å². The maximum absolute atomic E-state index is 3.67. The van der Waals surface area contributed by atoms with Gasteiger partial charge in [-0.2, -0.15) is 11.8 Å². The highest BCUT2D eigenvalue weighted by Gasteiger charge is 2.22. The zero-order valence-corrected chi connectivity index (χ0v) is 11.7. The van der Waals surface area contributed by atoms with Gasteiger partial charge in [0.05, 0.1) is 0 Å². The van der Waals surface area contributed by atoms with Crippen LogP contribution in [0.5, 0.6) is 0 Å². The zero-order valence-electron chi connectivity index (χ0n) is 10.0. The second-order valence-corrected chi connectivity index (χ2v) is 7.43. The quantitative estimate of drug-likeness (QED) is 0.898. The Morgan fingerprint density at radius 3 is 3.00 bits per heavy atom. The third-order valence-corrected chi connectivity index (χ3v) is 6.09. The third kappa shape index (κ3) is 3.01. The van der Waals surface area contributed by atoms with Crippen LogP contribution in [0.3, 0.4) is 0 Å². The molecule has 2 atom stereocenters. The largest absolute Gasteiger partial charge is 0.315 e. The molecule has 0 radical (unpaired) electrons. The Balaban J connectivity index is 1.43. The van der Waals surface area contributed by atoms with Crippen molar-refractivity contribution in [1.82, 2.24) is 5.32 Å². The van der Waals surface area contributed by atoms with Crippen LogP contribution in [0, 0.1) is 5.92 Å². The van der Waals surface area contributed by atoms with E-state index in [0.29, 0.717) is 0 Å². The van der Waals surface area contributed by atoms with Crippen LogP contribution >= 0.6 is 23.5 Å². The zero-order chi connectivity index (χ0) is 11.5. The molecule has 0 amide bonds. The topological polar surface area (TPSA) is 12.0 Å². The first-order valence-electron chi connectivity index (χ1n) is 6.45. The van der Waals surface area contributed by atoms with Crippen molar-refractivity contribution in [1.29, 1.82) is 0 Å². The predicted octanol–water partition coefficient (Wildman–Crippen LogP) is 3.05. The van der Waals surface area contributed by atoms with Crippen molar-refractivity contribution in [3.05, 3.63) is 29.8 Å². The molecule has 1 aromatic rings. The van der Waals surface area contributed by atoms with Gasteiger partial charge in [-0.1, -0.05) is 18.2 Å². The minimum atomic E-state index is 0.751. The lowest BCUT2D eigenvalue weighted by molar-refractivity contribution is 0.521. The first-order chi connectivity index (χ1) is 8.42. The average Bonchev–Trinajstić information content (AvgIpc) is 2.96.